The number of carbonyl (C=O) groups is 1. The number of amides is 1. The van der Waals surface area contributed by atoms with Crippen LogP contribution in [0, 0.1) is 5.92 Å². The average Bonchev–Trinajstić information content (AvgIpc) is 3.10. The fourth-order valence-corrected chi connectivity index (χ4v) is 6.57. The Morgan fingerprint density at radius 1 is 1.16 bits per heavy atom. The van der Waals surface area contributed by atoms with Crippen molar-refractivity contribution in [2.24, 2.45) is 18.0 Å². The van der Waals surface area contributed by atoms with Gasteiger partial charge in [-0.2, -0.15) is 9.30 Å². The number of methoxy groups -OCH3 is 1. The predicted molar refractivity (Wildman–Crippen MR) is 121 cm³/mol. The van der Waals surface area contributed by atoms with Gasteiger partial charge in [0.25, 0.3) is 5.91 Å². The topological polar surface area (TPSA) is 81.0 Å². The number of carbonyl (C=O) groups excluding carboxylic acids is 1. The Labute approximate surface area is 189 Å². The number of halogens is 1. The first-order valence-corrected chi connectivity index (χ1v) is 12.4. The second-order valence-electron chi connectivity index (χ2n) is 7.33. The van der Waals surface area contributed by atoms with Crippen molar-refractivity contribution in [1.29, 1.82) is 0 Å². The molecule has 164 valence electrons. The lowest BCUT2D eigenvalue weighted by molar-refractivity contribution is -0.122. The number of nitrogens with zero attached hydrogens (tertiary/aromatic N) is 3. The predicted octanol–water partition coefficient (Wildman–Crippen LogP) is 3.43. The number of aryl methyl sites for hydroxylation is 1. The lowest BCUT2D eigenvalue weighted by atomic mass is 9.98. The third-order valence-electron chi connectivity index (χ3n) is 5.48. The summed E-state index contributed by atoms with van der Waals surface area (Å²) in [5.74, 6) is 0.0725. The molecule has 1 aromatic heterocycles. The van der Waals surface area contributed by atoms with E-state index in [0.717, 1.165) is 10.2 Å². The Kier molecular flexibility index (Phi) is 6.20. The van der Waals surface area contributed by atoms with E-state index in [4.69, 9.17) is 16.3 Å². The number of piperidine rings is 1. The summed E-state index contributed by atoms with van der Waals surface area (Å²) in [6.07, 6.45) is 0.875. The van der Waals surface area contributed by atoms with Crippen LogP contribution in [0.15, 0.2) is 52.4 Å². The number of aromatic nitrogens is 1. The highest BCUT2D eigenvalue weighted by molar-refractivity contribution is 7.89. The molecule has 0 unspecified atom stereocenters. The quantitative estimate of drug-likeness (QED) is 0.574. The number of thiazole rings is 1. The highest BCUT2D eigenvalue weighted by atomic mass is 35.5. The normalized spacial score (nSPS) is 16.7. The van der Waals surface area contributed by atoms with E-state index in [2.05, 4.69) is 4.99 Å². The first-order chi connectivity index (χ1) is 14.8. The second-order valence-corrected chi connectivity index (χ2v) is 10.7. The molecule has 1 aliphatic rings. The summed E-state index contributed by atoms with van der Waals surface area (Å²) in [5.41, 5.74) is 0.848. The van der Waals surface area contributed by atoms with Gasteiger partial charge >= 0.3 is 0 Å². The van der Waals surface area contributed by atoms with Gasteiger partial charge in [-0.1, -0.05) is 29.0 Å². The van der Waals surface area contributed by atoms with Gasteiger partial charge < -0.3 is 9.30 Å². The molecule has 0 bridgehead atoms. The van der Waals surface area contributed by atoms with Crippen LogP contribution >= 0.6 is 22.9 Å². The fourth-order valence-electron chi connectivity index (χ4n) is 3.69. The maximum Gasteiger partial charge on any atom is 0.251 e. The van der Waals surface area contributed by atoms with Gasteiger partial charge in [-0.05, 0) is 49.2 Å². The summed E-state index contributed by atoms with van der Waals surface area (Å²) in [4.78, 5) is 17.9. The molecular formula is C21H22ClN3O4S2. The summed E-state index contributed by atoms with van der Waals surface area (Å²) < 4.78 is 35.1. The molecule has 10 heteroatoms. The van der Waals surface area contributed by atoms with Crippen LogP contribution in [0.25, 0.3) is 10.2 Å². The molecule has 2 heterocycles. The van der Waals surface area contributed by atoms with Crippen molar-refractivity contribution in [3.8, 4) is 5.75 Å². The number of para-hydroxylation sites is 1. The Morgan fingerprint density at radius 3 is 2.45 bits per heavy atom. The lowest BCUT2D eigenvalue weighted by Gasteiger charge is -2.29. The van der Waals surface area contributed by atoms with Crippen LogP contribution in [0.4, 0.5) is 0 Å². The first-order valence-electron chi connectivity index (χ1n) is 9.78. The minimum Gasteiger partial charge on any atom is -0.497 e. The highest BCUT2D eigenvalue weighted by Gasteiger charge is 2.32. The van der Waals surface area contributed by atoms with E-state index in [1.165, 1.54) is 34.9 Å². The van der Waals surface area contributed by atoms with E-state index in [9.17, 15) is 13.2 Å². The van der Waals surface area contributed by atoms with E-state index in [1.807, 2.05) is 23.7 Å². The molecule has 1 fully saturated rings. The zero-order valence-corrected chi connectivity index (χ0v) is 19.5. The van der Waals surface area contributed by atoms with Crippen LogP contribution in [0.1, 0.15) is 12.8 Å². The van der Waals surface area contributed by atoms with Crippen molar-refractivity contribution >= 4 is 49.1 Å². The molecule has 0 atom stereocenters. The van der Waals surface area contributed by atoms with E-state index in [0.29, 0.717) is 28.4 Å². The lowest BCUT2D eigenvalue weighted by Crippen LogP contribution is -2.40. The van der Waals surface area contributed by atoms with Crippen molar-refractivity contribution in [1.82, 2.24) is 8.87 Å². The molecule has 2 aromatic carbocycles. The zero-order valence-electron chi connectivity index (χ0n) is 17.1. The van der Waals surface area contributed by atoms with Crippen molar-refractivity contribution in [2.45, 2.75) is 17.7 Å². The van der Waals surface area contributed by atoms with Crippen molar-refractivity contribution in [3.63, 3.8) is 0 Å². The Bertz CT molecular complexity index is 1290. The van der Waals surface area contributed by atoms with Gasteiger partial charge in [0.05, 0.1) is 27.2 Å². The van der Waals surface area contributed by atoms with Crippen LogP contribution < -0.4 is 9.54 Å². The van der Waals surface area contributed by atoms with Crippen LogP contribution in [0.5, 0.6) is 5.75 Å². The third kappa shape index (κ3) is 4.27. The van der Waals surface area contributed by atoms with E-state index >= 15 is 0 Å². The molecule has 3 aromatic rings. The summed E-state index contributed by atoms with van der Waals surface area (Å²) in [6, 6.07) is 11.9. The van der Waals surface area contributed by atoms with E-state index in [1.54, 1.807) is 18.2 Å². The molecule has 1 amide bonds. The monoisotopic (exact) mass is 479 g/mol. The zero-order chi connectivity index (χ0) is 22.2. The molecule has 1 saturated heterocycles. The SMILES string of the molecule is COc1ccc(S(=O)(=O)N2CCC(C(=O)N=c3sc4cccc(Cl)c4n3C)CC2)cc1. The van der Waals surface area contributed by atoms with Crippen LogP contribution in [-0.2, 0) is 21.9 Å². The maximum atomic E-state index is 12.9. The van der Waals surface area contributed by atoms with Gasteiger partial charge in [-0.25, -0.2) is 8.42 Å². The number of sulfonamides is 1. The molecule has 0 saturated carbocycles. The first kappa shape index (κ1) is 22.0. The second kappa shape index (κ2) is 8.74. The summed E-state index contributed by atoms with van der Waals surface area (Å²) in [6.45, 7) is 0.565. The molecule has 1 aliphatic heterocycles. The molecule has 7 nitrogen and oxygen atoms in total. The fraction of sp³-hybridized carbons (Fsp3) is 0.333. The van der Waals surface area contributed by atoms with Crippen LogP contribution in [0.2, 0.25) is 5.02 Å². The third-order valence-corrected chi connectivity index (χ3v) is 8.79. The van der Waals surface area contributed by atoms with Gasteiger partial charge in [0, 0.05) is 26.1 Å². The van der Waals surface area contributed by atoms with Gasteiger partial charge in [0.2, 0.25) is 10.0 Å². The van der Waals surface area contributed by atoms with Crippen molar-refractivity contribution in [3.05, 3.63) is 52.3 Å². The summed E-state index contributed by atoms with van der Waals surface area (Å²) >= 11 is 7.69. The number of hydrogen-bond acceptors (Lipinski definition) is 5. The Morgan fingerprint density at radius 2 is 1.84 bits per heavy atom. The van der Waals surface area contributed by atoms with Crippen molar-refractivity contribution < 1.29 is 17.9 Å². The van der Waals surface area contributed by atoms with Gasteiger partial charge in [-0.15, -0.1) is 0 Å². The van der Waals surface area contributed by atoms with E-state index < -0.39 is 10.0 Å². The minimum absolute atomic E-state index is 0.219. The average molecular weight is 480 g/mol. The number of benzene rings is 2. The molecule has 0 spiro atoms. The Hall–Kier alpha value is -2.20. The molecule has 0 radical (unpaired) electrons. The number of ether oxygens (including phenoxy) is 1. The largest absolute Gasteiger partial charge is 0.497 e. The van der Waals surface area contributed by atoms with Gasteiger partial charge in [0.1, 0.15) is 5.75 Å². The Balaban J connectivity index is 1.48. The van der Waals surface area contributed by atoms with E-state index in [-0.39, 0.29) is 29.8 Å². The van der Waals surface area contributed by atoms with Crippen molar-refractivity contribution in [2.75, 3.05) is 20.2 Å². The smallest absolute Gasteiger partial charge is 0.251 e. The van der Waals surface area contributed by atoms with Crippen LogP contribution in [-0.4, -0.2) is 43.4 Å². The molecule has 31 heavy (non-hydrogen) atoms. The van der Waals surface area contributed by atoms with Gasteiger partial charge in [-0.3, -0.25) is 4.79 Å². The molecule has 4 rings (SSSR count). The number of fused-ring (bicyclic) bond motifs is 1. The number of rotatable bonds is 4. The van der Waals surface area contributed by atoms with Crippen LogP contribution in [0.3, 0.4) is 0 Å². The number of hydrogen-bond donors (Lipinski definition) is 0. The standard InChI is InChI=1S/C21H22ClN3O4S2/c1-24-19-17(22)4-3-5-18(19)30-21(24)23-20(26)14-10-12-25(13-11-14)31(27,28)16-8-6-15(29-2)7-9-16/h3-9,14H,10-13H2,1-2H3. The maximum absolute atomic E-state index is 12.9. The minimum atomic E-state index is -3.60. The molecule has 0 aliphatic carbocycles. The van der Waals surface area contributed by atoms with Gasteiger partial charge in [0.15, 0.2) is 4.80 Å². The highest BCUT2D eigenvalue weighted by Crippen LogP contribution is 2.27. The molecular weight excluding hydrogens is 458 g/mol. The summed E-state index contributed by atoms with van der Waals surface area (Å²) in [7, 11) is -0.239. The molecule has 0 N–H and O–H groups in total. The summed E-state index contributed by atoms with van der Waals surface area (Å²) in [5, 5.41) is 0.613.